The standard InChI is InChI=1S/C20H27ClF3N3O3/c1-11(2)16(17(28)20(22,23)24)26-18(29)15-7-4-8-27(15)19(30)14(25)10-12-5-3-6-13(21)9-12/h3,5-6,9,11,14-17,28H,4,7-8,10,25H2,1-2H3,(H,26,29)/t14?,15?,16-,17-/m0/s1. The van der Waals surface area contributed by atoms with Crippen LogP contribution < -0.4 is 11.1 Å². The van der Waals surface area contributed by atoms with E-state index in [9.17, 15) is 27.9 Å². The van der Waals surface area contributed by atoms with Crippen molar-refractivity contribution in [1.29, 1.82) is 0 Å². The van der Waals surface area contributed by atoms with Gasteiger partial charge in [-0.3, -0.25) is 9.59 Å². The SMILES string of the molecule is CC(C)[C@H](NC(=O)C1CCCN1C(=O)C(N)Cc1cccc(Cl)c1)[C@H](O)C(F)(F)F. The molecule has 168 valence electrons. The number of amides is 2. The van der Waals surface area contributed by atoms with Crippen LogP contribution >= 0.6 is 11.6 Å². The first-order valence-corrected chi connectivity index (χ1v) is 10.1. The molecule has 1 aromatic carbocycles. The number of nitrogens with two attached hydrogens (primary N) is 1. The van der Waals surface area contributed by atoms with Crippen molar-refractivity contribution in [3.63, 3.8) is 0 Å². The maximum Gasteiger partial charge on any atom is 0.416 e. The van der Waals surface area contributed by atoms with E-state index in [1.807, 2.05) is 0 Å². The predicted octanol–water partition coefficient (Wildman–Crippen LogP) is 2.26. The molecule has 1 fully saturated rings. The maximum atomic E-state index is 12.9. The molecule has 0 radical (unpaired) electrons. The third-order valence-corrected chi connectivity index (χ3v) is 5.44. The molecule has 4 atom stereocenters. The molecule has 1 aliphatic heterocycles. The molecule has 10 heteroatoms. The van der Waals surface area contributed by atoms with Crippen molar-refractivity contribution in [3.05, 3.63) is 34.9 Å². The highest BCUT2D eigenvalue weighted by Crippen LogP contribution is 2.26. The molecule has 0 aromatic heterocycles. The van der Waals surface area contributed by atoms with Gasteiger partial charge in [-0.15, -0.1) is 0 Å². The Hall–Kier alpha value is -1.84. The van der Waals surface area contributed by atoms with Gasteiger partial charge in [-0.25, -0.2) is 0 Å². The van der Waals surface area contributed by atoms with Crippen LogP contribution in [0.4, 0.5) is 13.2 Å². The lowest BCUT2D eigenvalue weighted by atomic mass is 9.97. The lowest BCUT2D eigenvalue weighted by Crippen LogP contribution is -2.58. The van der Waals surface area contributed by atoms with Gasteiger partial charge in [0.05, 0.1) is 12.1 Å². The minimum Gasteiger partial charge on any atom is -0.382 e. The fourth-order valence-electron chi connectivity index (χ4n) is 3.60. The van der Waals surface area contributed by atoms with Gasteiger partial charge in [0.2, 0.25) is 11.8 Å². The van der Waals surface area contributed by atoms with Gasteiger partial charge in [0.25, 0.3) is 0 Å². The van der Waals surface area contributed by atoms with E-state index in [1.54, 1.807) is 24.3 Å². The zero-order valence-corrected chi connectivity index (χ0v) is 17.6. The molecule has 4 N–H and O–H groups in total. The Labute approximate surface area is 178 Å². The third kappa shape index (κ3) is 6.09. The predicted molar refractivity (Wildman–Crippen MR) is 107 cm³/mol. The number of aliphatic hydroxyl groups excluding tert-OH is 1. The summed E-state index contributed by atoms with van der Waals surface area (Å²) < 4.78 is 38.8. The molecule has 2 amide bonds. The highest BCUT2D eigenvalue weighted by atomic mass is 35.5. The van der Waals surface area contributed by atoms with E-state index in [4.69, 9.17) is 17.3 Å². The van der Waals surface area contributed by atoms with Crippen LogP contribution in [0.2, 0.25) is 5.02 Å². The number of halogens is 4. The van der Waals surface area contributed by atoms with Gasteiger partial charge >= 0.3 is 6.18 Å². The van der Waals surface area contributed by atoms with Crippen molar-refractivity contribution < 1.29 is 27.9 Å². The minimum absolute atomic E-state index is 0.214. The summed E-state index contributed by atoms with van der Waals surface area (Å²) in [5, 5.41) is 12.4. The molecule has 1 aliphatic rings. The Kier molecular flexibility index (Phi) is 8.13. The van der Waals surface area contributed by atoms with Crippen molar-refractivity contribution in [2.45, 2.75) is 63.5 Å². The number of nitrogens with one attached hydrogen (secondary N) is 1. The van der Waals surface area contributed by atoms with Crippen molar-refractivity contribution in [2.75, 3.05) is 6.54 Å². The van der Waals surface area contributed by atoms with Crippen LogP contribution in [0.25, 0.3) is 0 Å². The van der Waals surface area contributed by atoms with Gasteiger partial charge in [0.1, 0.15) is 6.04 Å². The lowest BCUT2D eigenvalue weighted by Gasteiger charge is -2.32. The van der Waals surface area contributed by atoms with E-state index in [2.05, 4.69) is 5.32 Å². The highest BCUT2D eigenvalue weighted by molar-refractivity contribution is 6.30. The summed E-state index contributed by atoms with van der Waals surface area (Å²) in [5.74, 6) is -1.84. The summed E-state index contributed by atoms with van der Waals surface area (Å²) in [4.78, 5) is 26.8. The van der Waals surface area contributed by atoms with Gasteiger partial charge in [-0.05, 0) is 42.9 Å². The van der Waals surface area contributed by atoms with Crippen LogP contribution in [0.5, 0.6) is 0 Å². The zero-order valence-electron chi connectivity index (χ0n) is 16.8. The van der Waals surface area contributed by atoms with Crippen LogP contribution in [0.15, 0.2) is 24.3 Å². The molecule has 0 spiro atoms. The number of nitrogens with zero attached hydrogens (tertiary/aromatic N) is 1. The molecule has 30 heavy (non-hydrogen) atoms. The van der Waals surface area contributed by atoms with E-state index in [0.29, 0.717) is 17.9 Å². The normalized spacial score (nSPS) is 20.2. The molecule has 2 unspecified atom stereocenters. The first kappa shape index (κ1) is 24.4. The molecule has 2 rings (SSSR count). The number of rotatable bonds is 7. The number of carbonyl (C=O) groups is 2. The first-order chi connectivity index (χ1) is 13.9. The quantitative estimate of drug-likeness (QED) is 0.595. The number of aliphatic hydroxyl groups is 1. The number of hydrogen-bond donors (Lipinski definition) is 3. The maximum absolute atomic E-state index is 12.9. The van der Waals surface area contributed by atoms with Crippen molar-refractivity contribution in [1.82, 2.24) is 10.2 Å². The second-order valence-electron chi connectivity index (χ2n) is 7.90. The average molecular weight is 450 g/mol. The second kappa shape index (κ2) is 9.98. The van der Waals surface area contributed by atoms with Crippen LogP contribution in [-0.2, 0) is 16.0 Å². The summed E-state index contributed by atoms with van der Waals surface area (Å²) in [7, 11) is 0. The molecule has 6 nitrogen and oxygen atoms in total. The Morgan fingerprint density at radius 2 is 2.03 bits per heavy atom. The third-order valence-electron chi connectivity index (χ3n) is 5.20. The van der Waals surface area contributed by atoms with Crippen LogP contribution in [-0.4, -0.2) is 58.8 Å². The fourth-order valence-corrected chi connectivity index (χ4v) is 3.81. The Balaban J connectivity index is 2.07. The summed E-state index contributed by atoms with van der Waals surface area (Å²) >= 11 is 5.94. The topological polar surface area (TPSA) is 95.7 Å². The fraction of sp³-hybridized carbons (Fsp3) is 0.600. The summed E-state index contributed by atoms with van der Waals surface area (Å²) in [6.45, 7) is 3.23. The number of hydrogen-bond acceptors (Lipinski definition) is 4. The molecule has 0 saturated carbocycles. The zero-order chi connectivity index (χ0) is 22.6. The Morgan fingerprint density at radius 3 is 2.60 bits per heavy atom. The highest BCUT2D eigenvalue weighted by Gasteiger charge is 2.46. The van der Waals surface area contributed by atoms with E-state index >= 15 is 0 Å². The number of alkyl halides is 3. The monoisotopic (exact) mass is 449 g/mol. The van der Waals surface area contributed by atoms with E-state index < -0.39 is 48.1 Å². The van der Waals surface area contributed by atoms with Crippen LogP contribution in [0, 0.1) is 5.92 Å². The number of benzene rings is 1. The van der Waals surface area contributed by atoms with Gasteiger partial charge in [-0.1, -0.05) is 37.6 Å². The van der Waals surface area contributed by atoms with E-state index in [-0.39, 0.29) is 13.0 Å². The Morgan fingerprint density at radius 1 is 1.37 bits per heavy atom. The molecule has 1 aromatic rings. The Bertz CT molecular complexity index is 760. The van der Waals surface area contributed by atoms with Crippen LogP contribution in [0.3, 0.4) is 0 Å². The summed E-state index contributed by atoms with van der Waals surface area (Å²) in [6, 6.07) is 3.53. The van der Waals surface area contributed by atoms with Crippen molar-refractivity contribution in [3.8, 4) is 0 Å². The van der Waals surface area contributed by atoms with E-state index in [1.165, 1.54) is 18.7 Å². The second-order valence-corrected chi connectivity index (χ2v) is 8.33. The van der Waals surface area contributed by atoms with Crippen molar-refractivity contribution >= 4 is 23.4 Å². The largest absolute Gasteiger partial charge is 0.416 e. The summed E-state index contributed by atoms with van der Waals surface area (Å²) in [6.07, 6.45) is -6.51. The van der Waals surface area contributed by atoms with Gasteiger partial charge in [0, 0.05) is 11.6 Å². The molecular weight excluding hydrogens is 423 g/mol. The minimum atomic E-state index is -4.87. The summed E-state index contributed by atoms with van der Waals surface area (Å²) in [5.41, 5.74) is 6.80. The molecule has 1 saturated heterocycles. The molecule has 0 aliphatic carbocycles. The molecular formula is C20H27ClF3N3O3. The lowest BCUT2D eigenvalue weighted by molar-refractivity contribution is -0.215. The molecule has 1 heterocycles. The van der Waals surface area contributed by atoms with Crippen LogP contribution in [0.1, 0.15) is 32.3 Å². The number of likely N-dealkylation sites (tertiary alicyclic amines) is 1. The number of carbonyl (C=O) groups excluding carboxylic acids is 2. The van der Waals surface area contributed by atoms with Crippen molar-refractivity contribution in [2.24, 2.45) is 11.7 Å². The average Bonchev–Trinajstić information content (AvgIpc) is 3.13. The first-order valence-electron chi connectivity index (χ1n) is 9.77. The van der Waals surface area contributed by atoms with Gasteiger partial charge < -0.3 is 21.1 Å². The molecule has 0 bridgehead atoms. The van der Waals surface area contributed by atoms with E-state index in [0.717, 1.165) is 5.56 Å². The van der Waals surface area contributed by atoms with Gasteiger partial charge in [0.15, 0.2) is 6.10 Å². The van der Waals surface area contributed by atoms with Gasteiger partial charge in [-0.2, -0.15) is 13.2 Å². The smallest absolute Gasteiger partial charge is 0.382 e.